The quantitative estimate of drug-likeness (QED) is 0.555. The van der Waals surface area contributed by atoms with Gasteiger partial charge in [-0.15, -0.1) is 24.8 Å². The van der Waals surface area contributed by atoms with Crippen LogP contribution in [0, 0.1) is 11.7 Å². The minimum atomic E-state index is -0.435. The molecule has 3 heterocycles. The lowest BCUT2D eigenvalue weighted by molar-refractivity contribution is 0.0148. The zero-order chi connectivity index (χ0) is 21.3. The molecule has 1 saturated heterocycles. The van der Waals surface area contributed by atoms with Crippen molar-refractivity contribution in [1.29, 1.82) is 0 Å². The lowest BCUT2D eigenvalue weighted by Crippen LogP contribution is -2.39. The Hall–Kier alpha value is -2.91. The van der Waals surface area contributed by atoms with Gasteiger partial charge in [0.15, 0.2) is 0 Å². The average molecular weight is 495 g/mol. The van der Waals surface area contributed by atoms with Crippen LogP contribution in [-0.4, -0.2) is 44.5 Å². The molecular formula is C22H25Cl2FN6O2. The first-order chi connectivity index (χ1) is 15.1. The second kappa shape index (κ2) is 10.4. The van der Waals surface area contributed by atoms with E-state index in [1.807, 2.05) is 6.07 Å². The van der Waals surface area contributed by atoms with Gasteiger partial charge < -0.3 is 10.1 Å². The third-order valence-corrected chi connectivity index (χ3v) is 6.11. The van der Waals surface area contributed by atoms with Crippen LogP contribution in [0.3, 0.4) is 0 Å². The summed E-state index contributed by atoms with van der Waals surface area (Å²) in [7, 11) is 0. The maximum absolute atomic E-state index is 13.9. The largest absolute Gasteiger partial charge is 0.441 e. The molecule has 1 aliphatic heterocycles. The predicted octanol–water partition coefficient (Wildman–Crippen LogP) is 4.64. The molecule has 8 nitrogen and oxygen atoms in total. The van der Waals surface area contributed by atoms with Crippen molar-refractivity contribution in [2.75, 3.05) is 23.3 Å². The summed E-state index contributed by atoms with van der Waals surface area (Å²) < 4.78 is 21.3. The summed E-state index contributed by atoms with van der Waals surface area (Å²) >= 11 is 0. The van der Waals surface area contributed by atoms with Crippen LogP contribution in [-0.2, 0) is 4.74 Å². The van der Waals surface area contributed by atoms with E-state index >= 15 is 0 Å². The summed E-state index contributed by atoms with van der Waals surface area (Å²) in [6.45, 7) is 1.31. The summed E-state index contributed by atoms with van der Waals surface area (Å²) in [5.74, 6) is 0.861. The molecule has 2 fully saturated rings. The highest BCUT2D eigenvalue weighted by atomic mass is 35.5. The molecule has 1 amide bonds. The number of carbonyl (C=O) groups is 1. The summed E-state index contributed by atoms with van der Waals surface area (Å²) in [6, 6.07) is 8.40. The molecule has 1 spiro atoms. The lowest BCUT2D eigenvalue weighted by atomic mass is 9.78. The van der Waals surface area contributed by atoms with Crippen molar-refractivity contribution in [1.82, 2.24) is 19.7 Å². The molecule has 1 aromatic carbocycles. The fourth-order valence-corrected chi connectivity index (χ4v) is 4.36. The number of hydrogen-bond acceptors (Lipinski definition) is 6. The SMILES string of the molecule is Cl.Cl.O=C1OC2(CCC(CNc3ccn(-c4ccccc4F)n3)CC2)CN1c1cncnc1. The number of anilines is 2. The number of carbonyl (C=O) groups excluding carboxylic acids is 1. The van der Waals surface area contributed by atoms with Gasteiger partial charge in [-0.2, -0.15) is 5.10 Å². The number of hydrogen-bond donors (Lipinski definition) is 1. The summed E-state index contributed by atoms with van der Waals surface area (Å²) in [6.07, 6.45) is 9.66. The highest BCUT2D eigenvalue weighted by Gasteiger charge is 2.47. The van der Waals surface area contributed by atoms with Crippen molar-refractivity contribution in [3.8, 4) is 5.69 Å². The highest BCUT2D eigenvalue weighted by Crippen LogP contribution is 2.40. The van der Waals surface area contributed by atoms with E-state index in [0.717, 1.165) is 32.2 Å². The van der Waals surface area contributed by atoms with Gasteiger partial charge in [-0.3, -0.25) is 4.90 Å². The van der Waals surface area contributed by atoms with E-state index in [4.69, 9.17) is 4.74 Å². The van der Waals surface area contributed by atoms with Gasteiger partial charge in [0.1, 0.15) is 29.3 Å². The standard InChI is InChI=1S/C22H23FN6O2.2ClH/c23-18-3-1-2-4-19(18)29-10-7-20(27-29)26-11-16-5-8-22(9-6-16)14-28(21(30)31-22)17-12-24-15-25-13-17;;/h1-4,7,10,12-13,15-16H,5-6,8-9,11,14H2,(H,26,27);2*1H. The van der Waals surface area contributed by atoms with Crippen molar-refractivity contribution in [3.05, 3.63) is 61.1 Å². The number of para-hydroxylation sites is 1. The minimum Gasteiger partial charge on any atom is -0.441 e. The van der Waals surface area contributed by atoms with Crippen molar-refractivity contribution in [2.24, 2.45) is 5.92 Å². The Kier molecular flexibility index (Phi) is 7.76. The van der Waals surface area contributed by atoms with Crippen LogP contribution in [0.2, 0.25) is 0 Å². The maximum atomic E-state index is 13.9. The topological polar surface area (TPSA) is 85.2 Å². The van der Waals surface area contributed by atoms with Crippen LogP contribution in [0.1, 0.15) is 25.7 Å². The molecule has 0 radical (unpaired) electrons. The molecule has 3 aromatic rings. The molecule has 2 aromatic heterocycles. The number of halogens is 3. The molecule has 0 unspecified atom stereocenters. The van der Waals surface area contributed by atoms with Gasteiger partial charge >= 0.3 is 6.09 Å². The molecule has 11 heteroatoms. The van der Waals surface area contributed by atoms with Gasteiger partial charge in [-0.05, 0) is 43.7 Å². The highest BCUT2D eigenvalue weighted by molar-refractivity contribution is 5.89. The van der Waals surface area contributed by atoms with Gasteiger partial charge in [-0.25, -0.2) is 23.8 Å². The Labute approximate surface area is 203 Å². The van der Waals surface area contributed by atoms with E-state index in [9.17, 15) is 9.18 Å². The first-order valence-electron chi connectivity index (χ1n) is 10.4. The zero-order valence-electron chi connectivity index (χ0n) is 17.8. The molecule has 1 aliphatic carbocycles. The third-order valence-electron chi connectivity index (χ3n) is 6.11. The first-order valence-corrected chi connectivity index (χ1v) is 10.4. The molecule has 5 rings (SSSR count). The average Bonchev–Trinajstić information content (AvgIpc) is 3.39. The van der Waals surface area contributed by atoms with Gasteiger partial charge in [0, 0.05) is 18.8 Å². The Morgan fingerprint density at radius 2 is 1.85 bits per heavy atom. The second-order valence-electron chi connectivity index (χ2n) is 8.16. The van der Waals surface area contributed by atoms with E-state index in [1.165, 1.54) is 17.1 Å². The molecule has 1 saturated carbocycles. The minimum absolute atomic E-state index is 0. The lowest BCUT2D eigenvalue weighted by Gasteiger charge is -2.35. The zero-order valence-corrected chi connectivity index (χ0v) is 19.4. The first kappa shape index (κ1) is 24.7. The Balaban J connectivity index is 0.00000153. The fraction of sp³-hybridized carbons (Fsp3) is 0.364. The monoisotopic (exact) mass is 494 g/mol. The van der Waals surface area contributed by atoms with Crippen LogP contribution in [0.15, 0.2) is 55.2 Å². The van der Waals surface area contributed by atoms with E-state index in [2.05, 4.69) is 20.4 Å². The van der Waals surface area contributed by atoms with Crippen molar-refractivity contribution in [3.63, 3.8) is 0 Å². The Morgan fingerprint density at radius 1 is 1.12 bits per heavy atom. The maximum Gasteiger partial charge on any atom is 0.415 e. The number of benzene rings is 1. The van der Waals surface area contributed by atoms with Gasteiger partial charge in [0.05, 0.1) is 24.6 Å². The van der Waals surface area contributed by atoms with E-state index in [0.29, 0.717) is 29.7 Å². The van der Waals surface area contributed by atoms with Gasteiger partial charge in [0.2, 0.25) is 0 Å². The van der Waals surface area contributed by atoms with Crippen molar-refractivity contribution < 1.29 is 13.9 Å². The predicted molar refractivity (Wildman–Crippen MR) is 127 cm³/mol. The summed E-state index contributed by atoms with van der Waals surface area (Å²) in [4.78, 5) is 22.0. The van der Waals surface area contributed by atoms with Crippen LogP contribution >= 0.6 is 24.8 Å². The number of nitrogens with zero attached hydrogens (tertiary/aromatic N) is 5. The normalized spacial score (nSPS) is 21.8. The molecule has 0 atom stereocenters. The van der Waals surface area contributed by atoms with Gasteiger partial charge in [0.25, 0.3) is 0 Å². The van der Waals surface area contributed by atoms with Crippen LogP contribution in [0.5, 0.6) is 0 Å². The number of rotatable bonds is 5. The summed E-state index contributed by atoms with van der Waals surface area (Å²) in [5, 5.41) is 7.79. The van der Waals surface area contributed by atoms with Crippen LogP contribution in [0.25, 0.3) is 5.69 Å². The van der Waals surface area contributed by atoms with E-state index < -0.39 is 5.60 Å². The van der Waals surface area contributed by atoms with Crippen LogP contribution in [0.4, 0.5) is 20.7 Å². The third kappa shape index (κ3) is 5.20. The second-order valence-corrected chi connectivity index (χ2v) is 8.16. The Morgan fingerprint density at radius 3 is 2.58 bits per heavy atom. The molecular weight excluding hydrogens is 470 g/mol. The summed E-state index contributed by atoms with van der Waals surface area (Å²) in [5.41, 5.74) is 0.653. The van der Waals surface area contributed by atoms with Gasteiger partial charge in [-0.1, -0.05) is 12.1 Å². The number of nitrogens with one attached hydrogen (secondary N) is 1. The van der Waals surface area contributed by atoms with Crippen molar-refractivity contribution in [2.45, 2.75) is 31.3 Å². The molecule has 0 bridgehead atoms. The molecule has 176 valence electrons. The van der Waals surface area contributed by atoms with Crippen molar-refractivity contribution >= 4 is 42.4 Å². The number of ether oxygens (including phenoxy) is 1. The Bertz CT molecular complexity index is 1080. The molecule has 1 N–H and O–H groups in total. The molecule has 2 aliphatic rings. The molecule has 33 heavy (non-hydrogen) atoms. The van der Waals surface area contributed by atoms with E-state index in [-0.39, 0.29) is 36.7 Å². The van der Waals surface area contributed by atoms with E-state index in [1.54, 1.807) is 41.7 Å². The number of amides is 1. The fourth-order valence-electron chi connectivity index (χ4n) is 4.36. The smallest absolute Gasteiger partial charge is 0.415 e. The van der Waals surface area contributed by atoms with Crippen LogP contribution < -0.4 is 10.2 Å². The number of aromatic nitrogens is 4.